The van der Waals surface area contributed by atoms with E-state index in [-0.39, 0.29) is 10.6 Å². The Morgan fingerprint density at radius 1 is 1.17 bits per heavy atom. The first kappa shape index (κ1) is 17.0. The number of benzene rings is 2. The summed E-state index contributed by atoms with van der Waals surface area (Å²) < 4.78 is 36.8. The predicted octanol–water partition coefficient (Wildman–Crippen LogP) is 1.54. The molecule has 3 rings (SSSR count). The Morgan fingerprint density at radius 2 is 1.92 bits per heavy atom. The van der Waals surface area contributed by atoms with Crippen molar-refractivity contribution in [1.29, 1.82) is 0 Å². The van der Waals surface area contributed by atoms with Gasteiger partial charge in [0.15, 0.2) is 0 Å². The number of morpholine rings is 1. The fourth-order valence-corrected chi connectivity index (χ4v) is 3.29. The van der Waals surface area contributed by atoms with Crippen LogP contribution in [-0.4, -0.2) is 62.4 Å². The number of fused-ring (bicyclic) bond motifs is 1. The first-order valence-electron chi connectivity index (χ1n) is 7.72. The number of aromatic hydroxyl groups is 1. The Balaban J connectivity index is 1.72. The lowest BCUT2D eigenvalue weighted by Crippen LogP contribution is -2.38. The zero-order valence-electron chi connectivity index (χ0n) is 13.1. The Hall–Kier alpha value is -1.87. The van der Waals surface area contributed by atoms with Gasteiger partial charge in [-0.15, -0.1) is 0 Å². The SMILES string of the molecule is O=S(=O)(O)c1cc(O)c2cc(NCCN3CCOCC3)ccc2c1. The maximum Gasteiger partial charge on any atom is 0.294 e. The minimum atomic E-state index is -4.34. The molecule has 24 heavy (non-hydrogen) atoms. The normalized spacial score (nSPS) is 16.4. The van der Waals surface area contributed by atoms with Crippen molar-refractivity contribution in [2.24, 2.45) is 0 Å². The third-order valence-electron chi connectivity index (χ3n) is 4.06. The lowest BCUT2D eigenvalue weighted by atomic mass is 10.1. The summed E-state index contributed by atoms with van der Waals surface area (Å²) in [5, 5.41) is 14.4. The first-order chi connectivity index (χ1) is 11.4. The molecular weight excluding hydrogens is 332 g/mol. The summed E-state index contributed by atoms with van der Waals surface area (Å²) in [6.07, 6.45) is 0. The van der Waals surface area contributed by atoms with Gasteiger partial charge in [0.25, 0.3) is 10.1 Å². The van der Waals surface area contributed by atoms with Crippen molar-refractivity contribution in [3.8, 4) is 5.75 Å². The number of hydrogen-bond donors (Lipinski definition) is 3. The number of anilines is 1. The fourth-order valence-electron chi connectivity index (χ4n) is 2.75. The molecule has 1 heterocycles. The van der Waals surface area contributed by atoms with Gasteiger partial charge < -0.3 is 15.2 Å². The van der Waals surface area contributed by atoms with E-state index in [4.69, 9.17) is 9.29 Å². The van der Waals surface area contributed by atoms with Gasteiger partial charge in [0, 0.05) is 43.3 Å². The first-order valence-corrected chi connectivity index (χ1v) is 9.16. The van der Waals surface area contributed by atoms with Gasteiger partial charge in [-0.3, -0.25) is 9.45 Å². The molecule has 0 atom stereocenters. The molecule has 0 unspecified atom stereocenters. The van der Waals surface area contributed by atoms with Gasteiger partial charge in [0.2, 0.25) is 0 Å². The van der Waals surface area contributed by atoms with E-state index in [0.29, 0.717) is 10.8 Å². The van der Waals surface area contributed by atoms with Crippen LogP contribution in [0.15, 0.2) is 35.2 Å². The molecular formula is C16H20N2O5S. The van der Waals surface area contributed by atoms with Crippen LogP contribution < -0.4 is 5.32 Å². The monoisotopic (exact) mass is 352 g/mol. The Bertz CT molecular complexity index is 832. The van der Waals surface area contributed by atoms with Gasteiger partial charge in [-0.1, -0.05) is 6.07 Å². The highest BCUT2D eigenvalue weighted by Crippen LogP contribution is 2.30. The van der Waals surface area contributed by atoms with Crippen molar-refractivity contribution in [2.75, 3.05) is 44.7 Å². The van der Waals surface area contributed by atoms with E-state index in [1.54, 1.807) is 12.1 Å². The summed E-state index contributed by atoms with van der Waals surface area (Å²) in [4.78, 5) is 1.99. The van der Waals surface area contributed by atoms with E-state index < -0.39 is 10.1 Å². The molecule has 2 aromatic rings. The van der Waals surface area contributed by atoms with Gasteiger partial charge in [-0.25, -0.2) is 0 Å². The Labute approximate surface area is 140 Å². The molecule has 1 saturated heterocycles. The van der Waals surface area contributed by atoms with Crippen molar-refractivity contribution in [1.82, 2.24) is 4.90 Å². The second-order valence-electron chi connectivity index (χ2n) is 5.73. The molecule has 0 spiro atoms. The maximum absolute atomic E-state index is 11.2. The van der Waals surface area contributed by atoms with Crippen LogP contribution in [0.1, 0.15) is 0 Å². The second kappa shape index (κ2) is 6.94. The molecule has 0 bridgehead atoms. The van der Waals surface area contributed by atoms with Crippen LogP contribution in [-0.2, 0) is 14.9 Å². The van der Waals surface area contributed by atoms with Crippen molar-refractivity contribution < 1.29 is 22.8 Å². The topological polar surface area (TPSA) is 99.1 Å². The van der Waals surface area contributed by atoms with Gasteiger partial charge in [0.1, 0.15) is 5.75 Å². The highest BCUT2D eigenvalue weighted by atomic mass is 32.2. The smallest absolute Gasteiger partial charge is 0.294 e. The van der Waals surface area contributed by atoms with Crippen LogP contribution in [0.2, 0.25) is 0 Å². The highest BCUT2D eigenvalue weighted by molar-refractivity contribution is 7.85. The average molecular weight is 352 g/mol. The molecule has 7 nitrogen and oxygen atoms in total. The van der Waals surface area contributed by atoms with E-state index in [0.717, 1.165) is 51.1 Å². The lowest BCUT2D eigenvalue weighted by molar-refractivity contribution is 0.0398. The zero-order chi connectivity index (χ0) is 17.2. The molecule has 2 aromatic carbocycles. The Morgan fingerprint density at radius 3 is 2.62 bits per heavy atom. The minimum Gasteiger partial charge on any atom is -0.507 e. The van der Waals surface area contributed by atoms with Crippen molar-refractivity contribution in [3.05, 3.63) is 30.3 Å². The summed E-state index contributed by atoms with van der Waals surface area (Å²) in [5.41, 5.74) is 0.839. The number of hydrogen-bond acceptors (Lipinski definition) is 6. The van der Waals surface area contributed by atoms with Gasteiger partial charge in [-0.05, 0) is 23.6 Å². The van der Waals surface area contributed by atoms with Crippen LogP contribution >= 0.6 is 0 Å². The Kier molecular flexibility index (Phi) is 4.91. The summed E-state index contributed by atoms with van der Waals surface area (Å²) in [5.74, 6) is -0.183. The molecule has 3 N–H and O–H groups in total. The molecule has 1 fully saturated rings. The van der Waals surface area contributed by atoms with E-state index in [1.807, 2.05) is 6.07 Å². The molecule has 0 amide bonds. The molecule has 0 radical (unpaired) electrons. The summed E-state index contributed by atoms with van der Waals surface area (Å²) >= 11 is 0. The predicted molar refractivity (Wildman–Crippen MR) is 91.2 cm³/mol. The molecule has 130 valence electrons. The molecule has 0 saturated carbocycles. The number of ether oxygens (including phenoxy) is 1. The number of phenolic OH excluding ortho intramolecular Hbond substituents is 1. The molecule has 0 aliphatic carbocycles. The quantitative estimate of drug-likeness (QED) is 0.702. The fraction of sp³-hybridized carbons (Fsp3) is 0.375. The lowest BCUT2D eigenvalue weighted by Gasteiger charge is -2.26. The van der Waals surface area contributed by atoms with Gasteiger partial charge in [0.05, 0.1) is 18.1 Å². The second-order valence-corrected chi connectivity index (χ2v) is 7.16. The van der Waals surface area contributed by atoms with Crippen LogP contribution in [0.4, 0.5) is 5.69 Å². The van der Waals surface area contributed by atoms with E-state index in [1.165, 1.54) is 6.07 Å². The van der Waals surface area contributed by atoms with E-state index in [2.05, 4.69) is 10.2 Å². The van der Waals surface area contributed by atoms with Crippen LogP contribution in [0.25, 0.3) is 10.8 Å². The molecule has 0 aromatic heterocycles. The number of nitrogens with one attached hydrogen (secondary N) is 1. The minimum absolute atomic E-state index is 0.183. The molecule has 1 aliphatic heterocycles. The largest absolute Gasteiger partial charge is 0.507 e. The summed E-state index contributed by atoms with van der Waals surface area (Å²) in [7, 11) is -4.34. The highest BCUT2D eigenvalue weighted by Gasteiger charge is 2.14. The zero-order valence-corrected chi connectivity index (χ0v) is 13.9. The number of phenols is 1. The third kappa shape index (κ3) is 3.96. The molecule has 8 heteroatoms. The van der Waals surface area contributed by atoms with Gasteiger partial charge >= 0.3 is 0 Å². The third-order valence-corrected chi connectivity index (χ3v) is 4.90. The van der Waals surface area contributed by atoms with Crippen LogP contribution in [0.5, 0.6) is 5.75 Å². The van der Waals surface area contributed by atoms with E-state index in [9.17, 15) is 13.5 Å². The van der Waals surface area contributed by atoms with Crippen molar-refractivity contribution in [2.45, 2.75) is 4.90 Å². The van der Waals surface area contributed by atoms with Crippen LogP contribution in [0.3, 0.4) is 0 Å². The van der Waals surface area contributed by atoms with Crippen molar-refractivity contribution in [3.63, 3.8) is 0 Å². The summed E-state index contributed by atoms with van der Waals surface area (Å²) in [6, 6.07) is 7.67. The number of nitrogens with zero attached hydrogens (tertiary/aromatic N) is 1. The standard InChI is InChI=1S/C16H20N2O5S/c19-16-11-14(24(20,21)22)9-12-1-2-13(10-15(12)16)17-3-4-18-5-7-23-8-6-18/h1-2,9-11,17,19H,3-8H2,(H,20,21,22). The summed E-state index contributed by atoms with van der Waals surface area (Å²) in [6.45, 7) is 5.04. The van der Waals surface area contributed by atoms with E-state index >= 15 is 0 Å². The average Bonchev–Trinajstić information content (AvgIpc) is 2.55. The maximum atomic E-state index is 11.2. The number of rotatable bonds is 5. The van der Waals surface area contributed by atoms with Crippen LogP contribution in [0, 0.1) is 0 Å². The van der Waals surface area contributed by atoms with Crippen molar-refractivity contribution >= 4 is 26.6 Å². The van der Waals surface area contributed by atoms with Gasteiger partial charge in [-0.2, -0.15) is 8.42 Å². The molecule has 1 aliphatic rings.